The summed E-state index contributed by atoms with van der Waals surface area (Å²) in [7, 11) is 0. The first kappa shape index (κ1) is 11.3. The lowest BCUT2D eigenvalue weighted by atomic mass is 10.1. The van der Waals surface area contributed by atoms with Crippen LogP contribution in [0.5, 0.6) is 0 Å². The number of likely N-dealkylation sites (N-methyl/N-ethyl adjacent to an activating group) is 1. The molecule has 0 unspecified atom stereocenters. The van der Waals surface area contributed by atoms with Crippen LogP contribution < -0.4 is 0 Å². The van der Waals surface area contributed by atoms with E-state index in [1.165, 1.54) is 5.56 Å². The fourth-order valence-electron chi connectivity index (χ4n) is 2.26. The lowest BCUT2D eigenvalue weighted by Gasteiger charge is -2.26. The summed E-state index contributed by atoms with van der Waals surface area (Å²) in [4.78, 5) is 15.7. The van der Waals surface area contributed by atoms with Crippen molar-refractivity contribution in [3.63, 3.8) is 0 Å². The van der Waals surface area contributed by atoms with E-state index in [4.69, 9.17) is 0 Å². The second kappa shape index (κ2) is 4.82. The maximum atomic E-state index is 4.69. The first-order valence-corrected chi connectivity index (χ1v) is 6.34. The molecule has 0 aromatic carbocycles. The SMILES string of the molecule is CCN1CCc2cnc(-c3cccnc3)nc2C1. The molecule has 92 valence electrons. The van der Waals surface area contributed by atoms with E-state index in [-0.39, 0.29) is 0 Å². The Labute approximate surface area is 107 Å². The van der Waals surface area contributed by atoms with Crippen LogP contribution in [-0.4, -0.2) is 32.9 Å². The number of rotatable bonds is 2. The molecule has 2 aromatic rings. The molecule has 0 atom stereocenters. The van der Waals surface area contributed by atoms with E-state index >= 15 is 0 Å². The minimum atomic E-state index is 0.778. The predicted molar refractivity (Wildman–Crippen MR) is 69.9 cm³/mol. The zero-order valence-electron chi connectivity index (χ0n) is 10.5. The second-order valence-electron chi connectivity index (χ2n) is 4.53. The number of hydrogen-bond donors (Lipinski definition) is 0. The van der Waals surface area contributed by atoms with Gasteiger partial charge in [-0.2, -0.15) is 0 Å². The molecule has 0 fully saturated rings. The van der Waals surface area contributed by atoms with Gasteiger partial charge in [0.2, 0.25) is 0 Å². The second-order valence-corrected chi connectivity index (χ2v) is 4.53. The highest BCUT2D eigenvalue weighted by atomic mass is 15.1. The van der Waals surface area contributed by atoms with Gasteiger partial charge in [0, 0.05) is 37.2 Å². The highest BCUT2D eigenvalue weighted by Crippen LogP contribution is 2.20. The maximum Gasteiger partial charge on any atom is 0.160 e. The molecule has 3 heterocycles. The topological polar surface area (TPSA) is 41.9 Å². The predicted octanol–water partition coefficient (Wildman–Crippen LogP) is 1.92. The number of pyridine rings is 1. The van der Waals surface area contributed by atoms with Crippen molar-refractivity contribution >= 4 is 0 Å². The minimum Gasteiger partial charge on any atom is -0.297 e. The van der Waals surface area contributed by atoms with Gasteiger partial charge in [0.05, 0.1) is 5.69 Å². The Bertz CT molecular complexity index is 539. The van der Waals surface area contributed by atoms with Crippen LogP contribution in [0.3, 0.4) is 0 Å². The van der Waals surface area contributed by atoms with Crippen molar-refractivity contribution in [2.45, 2.75) is 19.9 Å². The van der Waals surface area contributed by atoms with E-state index in [1.807, 2.05) is 24.5 Å². The molecule has 0 bridgehead atoms. The molecule has 0 radical (unpaired) electrons. The average Bonchev–Trinajstić information content (AvgIpc) is 2.47. The van der Waals surface area contributed by atoms with Gasteiger partial charge in [-0.3, -0.25) is 9.88 Å². The summed E-state index contributed by atoms with van der Waals surface area (Å²) in [5.74, 6) is 0.778. The van der Waals surface area contributed by atoms with Crippen LogP contribution in [-0.2, 0) is 13.0 Å². The maximum absolute atomic E-state index is 4.69. The number of hydrogen-bond acceptors (Lipinski definition) is 4. The molecule has 0 amide bonds. The van der Waals surface area contributed by atoms with Crippen molar-refractivity contribution in [1.82, 2.24) is 19.9 Å². The van der Waals surface area contributed by atoms with Gasteiger partial charge in [-0.1, -0.05) is 6.92 Å². The lowest BCUT2D eigenvalue weighted by molar-refractivity contribution is 0.263. The van der Waals surface area contributed by atoms with Gasteiger partial charge < -0.3 is 0 Å². The molecule has 3 rings (SSSR count). The molecule has 0 spiro atoms. The van der Waals surface area contributed by atoms with Crippen LogP contribution in [0, 0.1) is 0 Å². The van der Waals surface area contributed by atoms with E-state index in [2.05, 4.69) is 26.8 Å². The first-order valence-electron chi connectivity index (χ1n) is 6.34. The number of nitrogens with zero attached hydrogens (tertiary/aromatic N) is 4. The summed E-state index contributed by atoms with van der Waals surface area (Å²) in [5, 5.41) is 0. The Morgan fingerprint density at radius 3 is 3.06 bits per heavy atom. The monoisotopic (exact) mass is 240 g/mol. The fourth-order valence-corrected chi connectivity index (χ4v) is 2.26. The Balaban J connectivity index is 1.96. The third-order valence-corrected chi connectivity index (χ3v) is 3.39. The molecular formula is C14H16N4. The van der Waals surface area contributed by atoms with Gasteiger partial charge in [0.15, 0.2) is 5.82 Å². The van der Waals surface area contributed by atoms with Gasteiger partial charge in [-0.25, -0.2) is 9.97 Å². The molecule has 2 aromatic heterocycles. The Kier molecular flexibility index (Phi) is 3.02. The summed E-state index contributed by atoms with van der Waals surface area (Å²) in [6.07, 6.45) is 6.59. The van der Waals surface area contributed by atoms with Crippen molar-refractivity contribution in [2.75, 3.05) is 13.1 Å². The van der Waals surface area contributed by atoms with E-state index in [0.717, 1.165) is 43.1 Å². The van der Waals surface area contributed by atoms with Crippen molar-refractivity contribution < 1.29 is 0 Å². The van der Waals surface area contributed by atoms with E-state index in [1.54, 1.807) is 6.20 Å². The summed E-state index contributed by atoms with van der Waals surface area (Å²) in [5.41, 5.74) is 3.43. The minimum absolute atomic E-state index is 0.778. The molecule has 0 saturated carbocycles. The van der Waals surface area contributed by atoms with E-state index in [9.17, 15) is 0 Å². The van der Waals surface area contributed by atoms with Crippen LogP contribution in [0.15, 0.2) is 30.7 Å². The molecule has 18 heavy (non-hydrogen) atoms. The number of fused-ring (bicyclic) bond motifs is 1. The molecule has 1 aliphatic heterocycles. The van der Waals surface area contributed by atoms with Crippen LogP contribution >= 0.6 is 0 Å². The largest absolute Gasteiger partial charge is 0.297 e. The standard InChI is InChI=1S/C14H16N4/c1-2-18-7-5-11-9-16-14(17-13(11)10-18)12-4-3-6-15-8-12/h3-4,6,8-9H,2,5,7,10H2,1H3. The average molecular weight is 240 g/mol. The normalized spacial score (nSPS) is 15.4. The zero-order valence-corrected chi connectivity index (χ0v) is 10.5. The quantitative estimate of drug-likeness (QED) is 0.804. The van der Waals surface area contributed by atoms with Crippen LogP contribution in [0.25, 0.3) is 11.4 Å². The summed E-state index contributed by atoms with van der Waals surface area (Å²) < 4.78 is 0. The molecule has 4 heteroatoms. The third-order valence-electron chi connectivity index (χ3n) is 3.39. The van der Waals surface area contributed by atoms with Gasteiger partial charge in [0.1, 0.15) is 0 Å². The van der Waals surface area contributed by atoms with E-state index in [0.29, 0.717) is 0 Å². The van der Waals surface area contributed by atoms with Gasteiger partial charge in [-0.15, -0.1) is 0 Å². The van der Waals surface area contributed by atoms with Crippen LogP contribution in [0.4, 0.5) is 0 Å². The van der Waals surface area contributed by atoms with Gasteiger partial charge in [0.25, 0.3) is 0 Å². The highest BCUT2D eigenvalue weighted by Gasteiger charge is 2.17. The Morgan fingerprint density at radius 2 is 2.28 bits per heavy atom. The summed E-state index contributed by atoms with van der Waals surface area (Å²) >= 11 is 0. The van der Waals surface area contributed by atoms with Crippen LogP contribution in [0.1, 0.15) is 18.2 Å². The van der Waals surface area contributed by atoms with Gasteiger partial charge >= 0.3 is 0 Å². The molecule has 0 aliphatic carbocycles. The van der Waals surface area contributed by atoms with E-state index < -0.39 is 0 Å². The molecule has 0 saturated heterocycles. The van der Waals surface area contributed by atoms with Crippen molar-refractivity contribution in [2.24, 2.45) is 0 Å². The van der Waals surface area contributed by atoms with Crippen molar-refractivity contribution in [1.29, 1.82) is 0 Å². The van der Waals surface area contributed by atoms with Crippen molar-refractivity contribution in [3.8, 4) is 11.4 Å². The molecular weight excluding hydrogens is 224 g/mol. The molecule has 4 nitrogen and oxygen atoms in total. The highest BCUT2D eigenvalue weighted by molar-refractivity contribution is 5.53. The summed E-state index contributed by atoms with van der Waals surface area (Å²) in [6.45, 7) is 5.31. The third kappa shape index (κ3) is 2.11. The fraction of sp³-hybridized carbons (Fsp3) is 0.357. The Hall–Kier alpha value is -1.81. The first-order chi connectivity index (χ1) is 8.86. The number of aromatic nitrogens is 3. The lowest BCUT2D eigenvalue weighted by Crippen LogP contribution is -2.31. The van der Waals surface area contributed by atoms with Gasteiger partial charge in [-0.05, 0) is 30.7 Å². The molecule has 1 aliphatic rings. The van der Waals surface area contributed by atoms with Crippen LogP contribution in [0.2, 0.25) is 0 Å². The Morgan fingerprint density at radius 1 is 1.33 bits per heavy atom. The molecule has 0 N–H and O–H groups in total. The summed E-state index contributed by atoms with van der Waals surface area (Å²) in [6, 6.07) is 3.91. The smallest absolute Gasteiger partial charge is 0.160 e. The van der Waals surface area contributed by atoms with Crippen molar-refractivity contribution in [3.05, 3.63) is 42.0 Å². The zero-order chi connectivity index (χ0) is 12.4.